The second-order valence-corrected chi connectivity index (χ2v) is 10.4. The quantitative estimate of drug-likeness (QED) is 0.317. The molecule has 0 spiro atoms. The number of nitrogens with one attached hydrogen (secondary N) is 1. The number of aryl methyl sites for hydroxylation is 2. The molecule has 1 aliphatic heterocycles. The molecule has 1 aliphatic rings. The Bertz CT molecular complexity index is 1210. The third-order valence-corrected chi connectivity index (χ3v) is 7.57. The number of imidazole rings is 1. The van der Waals surface area contributed by atoms with Crippen molar-refractivity contribution in [1.29, 1.82) is 0 Å². The molecule has 3 aromatic carbocycles. The van der Waals surface area contributed by atoms with Crippen molar-refractivity contribution < 1.29 is 0 Å². The van der Waals surface area contributed by atoms with Crippen molar-refractivity contribution in [2.24, 2.45) is 5.92 Å². The fourth-order valence-electron chi connectivity index (χ4n) is 5.80. The van der Waals surface area contributed by atoms with Gasteiger partial charge in [-0.3, -0.25) is 9.80 Å². The molecule has 1 fully saturated rings. The lowest BCUT2D eigenvalue weighted by Crippen LogP contribution is -2.50. The van der Waals surface area contributed by atoms with Gasteiger partial charge in [0.2, 0.25) is 0 Å². The van der Waals surface area contributed by atoms with Gasteiger partial charge in [0, 0.05) is 37.4 Å². The molecule has 0 saturated carbocycles. The number of aromatic amines is 1. The van der Waals surface area contributed by atoms with Gasteiger partial charge in [-0.25, -0.2) is 4.98 Å². The number of H-pyrrole nitrogens is 1. The molecule has 4 aromatic rings. The molecule has 4 heteroatoms. The first-order chi connectivity index (χ1) is 17.5. The van der Waals surface area contributed by atoms with E-state index in [-0.39, 0.29) is 6.04 Å². The van der Waals surface area contributed by atoms with Gasteiger partial charge in [-0.2, -0.15) is 0 Å². The van der Waals surface area contributed by atoms with Gasteiger partial charge in [0.15, 0.2) is 0 Å². The van der Waals surface area contributed by atoms with Crippen molar-refractivity contribution in [3.05, 3.63) is 113 Å². The van der Waals surface area contributed by atoms with E-state index in [1.807, 2.05) is 0 Å². The van der Waals surface area contributed by atoms with Crippen LogP contribution in [0, 0.1) is 19.8 Å². The summed E-state index contributed by atoms with van der Waals surface area (Å²) in [6.07, 6.45) is 0. The molecule has 0 aliphatic carbocycles. The summed E-state index contributed by atoms with van der Waals surface area (Å²) in [4.78, 5) is 14.1. The molecule has 4 nitrogen and oxygen atoms in total. The summed E-state index contributed by atoms with van der Waals surface area (Å²) < 4.78 is 0. The lowest BCUT2D eigenvalue weighted by Gasteiger charge is -2.43. The van der Waals surface area contributed by atoms with Crippen LogP contribution in [0.1, 0.15) is 54.0 Å². The maximum absolute atomic E-state index is 5.18. The molecule has 0 amide bonds. The Balaban J connectivity index is 1.38. The van der Waals surface area contributed by atoms with Gasteiger partial charge in [0.1, 0.15) is 5.82 Å². The lowest BCUT2D eigenvalue weighted by atomic mass is 9.94. The van der Waals surface area contributed by atoms with Crippen molar-refractivity contribution in [3.63, 3.8) is 0 Å². The first-order valence-electron chi connectivity index (χ1n) is 13.2. The van der Waals surface area contributed by atoms with Crippen molar-refractivity contribution in [3.8, 4) is 11.4 Å². The molecule has 1 N–H and O–H groups in total. The Morgan fingerprint density at radius 1 is 0.694 bits per heavy atom. The van der Waals surface area contributed by atoms with Crippen LogP contribution in [0.15, 0.2) is 84.9 Å². The molecule has 36 heavy (non-hydrogen) atoms. The van der Waals surface area contributed by atoms with E-state index in [0.29, 0.717) is 12.0 Å². The summed E-state index contributed by atoms with van der Waals surface area (Å²) >= 11 is 0. The maximum Gasteiger partial charge on any atom is 0.138 e. The Kier molecular flexibility index (Phi) is 7.35. The third-order valence-electron chi connectivity index (χ3n) is 7.57. The first-order valence-corrected chi connectivity index (χ1v) is 13.2. The van der Waals surface area contributed by atoms with Crippen LogP contribution in [0.2, 0.25) is 0 Å². The van der Waals surface area contributed by atoms with Gasteiger partial charge >= 0.3 is 0 Å². The van der Waals surface area contributed by atoms with E-state index in [2.05, 4.69) is 127 Å². The third kappa shape index (κ3) is 5.02. The minimum absolute atomic E-state index is 0.284. The van der Waals surface area contributed by atoms with Crippen LogP contribution in [0.5, 0.6) is 0 Å². The summed E-state index contributed by atoms with van der Waals surface area (Å²) in [5, 5.41) is 0. The topological polar surface area (TPSA) is 35.2 Å². The van der Waals surface area contributed by atoms with E-state index >= 15 is 0 Å². The van der Waals surface area contributed by atoms with Crippen LogP contribution >= 0.6 is 0 Å². The van der Waals surface area contributed by atoms with Gasteiger partial charge in [-0.1, -0.05) is 98.8 Å². The summed E-state index contributed by atoms with van der Waals surface area (Å²) in [7, 11) is 0. The predicted molar refractivity (Wildman–Crippen MR) is 149 cm³/mol. The Morgan fingerprint density at radius 3 is 1.78 bits per heavy atom. The number of hydrogen-bond acceptors (Lipinski definition) is 3. The molecular formula is C32H38N4. The van der Waals surface area contributed by atoms with Crippen molar-refractivity contribution >= 4 is 0 Å². The van der Waals surface area contributed by atoms with E-state index in [1.54, 1.807) is 0 Å². The zero-order valence-electron chi connectivity index (χ0n) is 22.0. The average Bonchev–Trinajstić information content (AvgIpc) is 3.27. The standard InChI is InChI=1S/C32H38N4/c1-23(2)30(29-25(4)33-32(34-29)28-18-12-11-13-24(28)3)35-19-21-36(22-20-35)31(26-14-7-5-8-15-26)27-16-9-6-10-17-27/h5-18,23,30-31H,19-22H2,1-4H3,(H,33,34). The van der Waals surface area contributed by atoms with Crippen LogP contribution in [0.3, 0.4) is 0 Å². The first kappa shape index (κ1) is 24.5. The average molecular weight is 479 g/mol. The smallest absolute Gasteiger partial charge is 0.138 e. The van der Waals surface area contributed by atoms with Crippen molar-refractivity contribution in [2.45, 2.75) is 39.8 Å². The lowest BCUT2D eigenvalue weighted by molar-refractivity contribution is 0.0599. The van der Waals surface area contributed by atoms with Gasteiger partial charge < -0.3 is 4.98 Å². The van der Waals surface area contributed by atoms with E-state index in [9.17, 15) is 0 Å². The highest BCUT2D eigenvalue weighted by Gasteiger charge is 2.33. The largest absolute Gasteiger partial charge is 0.342 e. The molecule has 0 radical (unpaired) electrons. The van der Waals surface area contributed by atoms with E-state index in [4.69, 9.17) is 4.98 Å². The Hall–Kier alpha value is -3.21. The Morgan fingerprint density at radius 2 is 1.22 bits per heavy atom. The summed E-state index contributed by atoms with van der Waals surface area (Å²) in [5.74, 6) is 1.46. The molecule has 1 aromatic heterocycles. The fourth-order valence-corrected chi connectivity index (χ4v) is 5.80. The molecule has 1 saturated heterocycles. The molecule has 1 atom stereocenters. The molecule has 186 valence electrons. The summed E-state index contributed by atoms with van der Waals surface area (Å²) in [6.45, 7) is 13.1. The zero-order chi connectivity index (χ0) is 25.1. The molecule has 0 bridgehead atoms. The Labute approximate surface area is 216 Å². The second kappa shape index (κ2) is 10.8. The maximum atomic E-state index is 5.18. The van der Waals surface area contributed by atoms with E-state index in [1.165, 1.54) is 33.6 Å². The molecule has 5 rings (SSSR count). The van der Waals surface area contributed by atoms with Crippen LogP contribution in [-0.4, -0.2) is 45.9 Å². The predicted octanol–water partition coefficient (Wildman–Crippen LogP) is 6.80. The highest BCUT2D eigenvalue weighted by molar-refractivity contribution is 5.60. The monoisotopic (exact) mass is 478 g/mol. The number of aromatic nitrogens is 2. The number of benzene rings is 3. The van der Waals surface area contributed by atoms with Crippen LogP contribution in [0.25, 0.3) is 11.4 Å². The van der Waals surface area contributed by atoms with Crippen LogP contribution < -0.4 is 0 Å². The van der Waals surface area contributed by atoms with E-state index in [0.717, 1.165) is 32.0 Å². The SMILES string of the molecule is Cc1ccccc1-c1nc(C(C(C)C)N2CCN(C(c3ccccc3)c3ccccc3)CC2)c(C)[nH]1. The van der Waals surface area contributed by atoms with Gasteiger partial charge in [0.05, 0.1) is 17.8 Å². The molecular weight excluding hydrogens is 440 g/mol. The highest BCUT2D eigenvalue weighted by atomic mass is 15.3. The molecule has 1 unspecified atom stereocenters. The van der Waals surface area contributed by atoms with Crippen molar-refractivity contribution in [2.75, 3.05) is 26.2 Å². The minimum atomic E-state index is 0.284. The number of piperazine rings is 1. The normalized spacial score (nSPS) is 16.1. The number of hydrogen-bond donors (Lipinski definition) is 1. The van der Waals surface area contributed by atoms with Gasteiger partial charge in [0.25, 0.3) is 0 Å². The van der Waals surface area contributed by atoms with Crippen LogP contribution in [-0.2, 0) is 0 Å². The van der Waals surface area contributed by atoms with Gasteiger partial charge in [-0.05, 0) is 36.5 Å². The summed E-state index contributed by atoms with van der Waals surface area (Å²) in [5.41, 5.74) is 7.54. The second-order valence-electron chi connectivity index (χ2n) is 10.4. The van der Waals surface area contributed by atoms with E-state index < -0.39 is 0 Å². The number of rotatable bonds is 7. The van der Waals surface area contributed by atoms with Crippen LogP contribution in [0.4, 0.5) is 0 Å². The van der Waals surface area contributed by atoms with Crippen molar-refractivity contribution in [1.82, 2.24) is 19.8 Å². The van der Waals surface area contributed by atoms with Gasteiger partial charge in [-0.15, -0.1) is 0 Å². The minimum Gasteiger partial charge on any atom is -0.342 e. The highest BCUT2D eigenvalue weighted by Crippen LogP contribution is 2.35. The fraction of sp³-hybridized carbons (Fsp3) is 0.344. The summed E-state index contributed by atoms with van der Waals surface area (Å²) in [6, 6.07) is 31.0. The zero-order valence-corrected chi connectivity index (χ0v) is 22.0. The molecule has 2 heterocycles. The number of nitrogens with zero attached hydrogens (tertiary/aromatic N) is 3.